The molecule has 0 saturated carbocycles. The van der Waals surface area contributed by atoms with Gasteiger partial charge >= 0.3 is 0 Å². The Hall–Kier alpha value is -3.49. The fraction of sp³-hybridized carbons (Fsp3) is 0.0500. The van der Waals surface area contributed by atoms with Crippen LogP contribution in [0.25, 0.3) is 33.4 Å². The number of pyridine rings is 3. The van der Waals surface area contributed by atoms with Crippen molar-refractivity contribution in [2.24, 2.45) is 0 Å². The second kappa shape index (κ2) is 6.79. The van der Waals surface area contributed by atoms with Gasteiger partial charge in [0.1, 0.15) is 5.82 Å². The molecular weight excluding hydrogens is 427 g/mol. The number of nitrogens with zero attached hydrogens (tertiary/aromatic N) is 5. The number of aromatic nitrogens is 6. The third-order valence-electron chi connectivity index (χ3n) is 4.67. The highest BCUT2D eigenvalue weighted by Gasteiger charge is 2.13. The summed E-state index contributed by atoms with van der Waals surface area (Å²) in [5, 5.41) is 8.12. The molecule has 148 valence electrons. The van der Waals surface area contributed by atoms with Crippen molar-refractivity contribution >= 4 is 45.0 Å². The molecule has 1 aromatic carbocycles. The Kier molecular flexibility index (Phi) is 4.19. The summed E-state index contributed by atoms with van der Waals surface area (Å²) in [6.45, 7) is 1.74. The molecule has 0 amide bonds. The second-order valence-corrected chi connectivity index (χ2v) is 7.56. The third kappa shape index (κ3) is 2.97. The number of hydrogen-bond donors (Lipinski definition) is 1. The van der Waals surface area contributed by atoms with Gasteiger partial charge in [-0.3, -0.25) is 19.3 Å². The van der Waals surface area contributed by atoms with E-state index in [0.29, 0.717) is 38.0 Å². The Morgan fingerprint density at radius 1 is 0.833 bits per heavy atom. The zero-order valence-electron chi connectivity index (χ0n) is 15.4. The number of H-pyrrole nitrogens is 1. The average molecular weight is 439 g/mol. The first-order valence-corrected chi connectivity index (χ1v) is 9.60. The minimum absolute atomic E-state index is 0.221. The van der Waals surface area contributed by atoms with E-state index in [-0.39, 0.29) is 22.5 Å². The van der Waals surface area contributed by atoms with Gasteiger partial charge in [-0.1, -0.05) is 23.2 Å². The van der Waals surface area contributed by atoms with E-state index in [1.807, 2.05) is 0 Å². The number of halogens is 2. The highest BCUT2D eigenvalue weighted by Crippen LogP contribution is 2.22. The lowest BCUT2D eigenvalue weighted by Crippen LogP contribution is -2.21. The molecule has 0 unspecified atom stereocenters. The van der Waals surface area contributed by atoms with Crippen molar-refractivity contribution in [3.05, 3.63) is 85.4 Å². The Morgan fingerprint density at radius 3 is 2.03 bits per heavy atom. The van der Waals surface area contributed by atoms with Gasteiger partial charge in [-0.2, -0.15) is 4.98 Å². The van der Waals surface area contributed by atoms with Crippen molar-refractivity contribution in [3.8, 4) is 11.6 Å². The smallest absolute Gasteiger partial charge is 0.267 e. The van der Waals surface area contributed by atoms with Crippen LogP contribution >= 0.6 is 23.2 Å². The number of hydrogen-bond acceptors (Lipinski definition) is 5. The van der Waals surface area contributed by atoms with Gasteiger partial charge in [0.25, 0.3) is 17.1 Å². The number of nitrogens with one attached hydrogen (secondary N) is 1. The molecule has 5 rings (SSSR count). The lowest BCUT2D eigenvalue weighted by atomic mass is 10.2. The molecule has 8 nitrogen and oxygen atoms in total. The zero-order chi connectivity index (χ0) is 21.0. The van der Waals surface area contributed by atoms with Crippen molar-refractivity contribution in [1.82, 2.24) is 29.3 Å². The molecule has 10 heteroatoms. The number of benzene rings is 1. The number of fused-ring (bicyclic) bond motifs is 2. The first kappa shape index (κ1) is 18.5. The van der Waals surface area contributed by atoms with E-state index in [1.165, 1.54) is 9.13 Å². The summed E-state index contributed by atoms with van der Waals surface area (Å²) in [7, 11) is 0. The normalized spacial score (nSPS) is 11.4. The molecule has 0 saturated heterocycles. The summed E-state index contributed by atoms with van der Waals surface area (Å²) in [6.07, 6.45) is 3.16. The molecule has 0 spiro atoms. The maximum absolute atomic E-state index is 13.2. The second-order valence-electron chi connectivity index (χ2n) is 6.68. The summed E-state index contributed by atoms with van der Waals surface area (Å²) >= 11 is 12.2. The first-order valence-electron chi connectivity index (χ1n) is 8.84. The monoisotopic (exact) mass is 438 g/mol. The topological polar surface area (TPSA) is 98.5 Å². The van der Waals surface area contributed by atoms with Crippen LogP contribution in [0, 0.1) is 6.92 Å². The van der Waals surface area contributed by atoms with E-state index in [0.717, 1.165) is 0 Å². The maximum atomic E-state index is 13.2. The van der Waals surface area contributed by atoms with E-state index in [1.54, 1.807) is 55.7 Å². The summed E-state index contributed by atoms with van der Waals surface area (Å²) in [4.78, 5) is 34.9. The van der Waals surface area contributed by atoms with Crippen LogP contribution < -0.4 is 11.1 Å². The first-order chi connectivity index (χ1) is 14.4. The molecule has 0 atom stereocenters. The zero-order valence-corrected chi connectivity index (χ0v) is 16.9. The quantitative estimate of drug-likeness (QED) is 0.425. The lowest BCUT2D eigenvalue weighted by Gasteiger charge is -2.09. The summed E-state index contributed by atoms with van der Waals surface area (Å²) in [6, 6.07) is 9.78. The lowest BCUT2D eigenvalue weighted by molar-refractivity contribution is 0.901. The Bertz CT molecular complexity index is 1560. The number of aromatic amines is 1. The molecule has 0 aliphatic carbocycles. The fourth-order valence-electron chi connectivity index (χ4n) is 3.30. The van der Waals surface area contributed by atoms with Gasteiger partial charge in [-0.25, -0.2) is 9.55 Å². The number of rotatable bonds is 2. The highest BCUT2D eigenvalue weighted by atomic mass is 35.5. The predicted octanol–water partition coefficient (Wildman–Crippen LogP) is 3.42. The molecule has 0 radical (unpaired) electrons. The SMILES string of the molecule is Cc1nc(-n2ccc3nc4ccn(-c5cc(Cl)cc(Cl)c5)c(=O)c4cc3c2=O)n[nH]1. The molecular formula is C20H12Cl2N6O2. The van der Waals surface area contributed by atoms with Gasteiger partial charge < -0.3 is 0 Å². The van der Waals surface area contributed by atoms with E-state index in [4.69, 9.17) is 23.2 Å². The number of aryl methyl sites for hydroxylation is 1. The van der Waals surface area contributed by atoms with Crippen molar-refractivity contribution in [2.45, 2.75) is 6.92 Å². The molecule has 0 aliphatic rings. The Labute approximate surface area is 178 Å². The molecule has 4 aromatic heterocycles. The molecule has 30 heavy (non-hydrogen) atoms. The van der Waals surface area contributed by atoms with Gasteiger partial charge in [0, 0.05) is 22.4 Å². The minimum atomic E-state index is -0.374. The molecule has 4 heterocycles. The highest BCUT2D eigenvalue weighted by molar-refractivity contribution is 6.34. The maximum Gasteiger partial charge on any atom is 0.267 e. The fourth-order valence-corrected chi connectivity index (χ4v) is 3.82. The molecule has 5 aromatic rings. The van der Waals surface area contributed by atoms with Crippen LogP contribution in [-0.2, 0) is 0 Å². The van der Waals surface area contributed by atoms with Crippen LogP contribution in [0.3, 0.4) is 0 Å². The van der Waals surface area contributed by atoms with Crippen molar-refractivity contribution in [1.29, 1.82) is 0 Å². The molecule has 0 bridgehead atoms. The van der Waals surface area contributed by atoms with Gasteiger partial charge in [0.05, 0.1) is 27.5 Å². The van der Waals surface area contributed by atoms with Crippen LogP contribution in [0.5, 0.6) is 0 Å². The third-order valence-corrected chi connectivity index (χ3v) is 5.11. The van der Waals surface area contributed by atoms with E-state index < -0.39 is 0 Å². The van der Waals surface area contributed by atoms with Crippen LogP contribution in [0.4, 0.5) is 0 Å². The summed E-state index contributed by atoms with van der Waals surface area (Å²) in [5.74, 6) is 0.801. The van der Waals surface area contributed by atoms with Crippen LogP contribution in [0.1, 0.15) is 5.82 Å². The molecule has 1 N–H and O–H groups in total. The summed E-state index contributed by atoms with van der Waals surface area (Å²) < 4.78 is 2.71. The van der Waals surface area contributed by atoms with Crippen LogP contribution in [0.15, 0.2) is 58.4 Å². The van der Waals surface area contributed by atoms with Crippen molar-refractivity contribution in [3.63, 3.8) is 0 Å². The van der Waals surface area contributed by atoms with Crippen LogP contribution in [0.2, 0.25) is 10.0 Å². The van der Waals surface area contributed by atoms with Crippen LogP contribution in [-0.4, -0.2) is 29.3 Å². The minimum Gasteiger partial charge on any atom is -0.284 e. The average Bonchev–Trinajstić information content (AvgIpc) is 3.13. The standard InChI is InChI=1S/C20H12Cl2N6O2/c1-10-23-20(26-25-10)28-5-3-17-15(19(28)30)9-14-16(24-17)2-4-27(18(14)29)13-7-11(21)6-12(22)8-13/h2-9H,1H3,(H,23,25,26). The van der Waals surface area contributed by atoms with E-state index >= 15 is 0 Å². The molecule has 0 fully saturated rings. The Balaban J connectivity index is 1.78. The van der Waals surface area contributed by atoms with E-state index in [2.05, 4.69) is 20.2 Å². The largest absolute Gasteiger partial charge is 0.284 e. The predicted molar refractivity (Wildman–Crippen MR) is 115 cm³/mol. The van der Waals surface area contributed by atoms with Gasteiger partial charge in [-0.05, 0) is 43.3 Å². The van der Waals surface area contributed by atoms with Gasteiger partial charge in [0.2, 0.25) is 0 Å². The Morgan fingerprint density at radius 2 is 1.43 bits per heavy atom. The molecule has 0 aliphatic heterocycles. The van der Waals surface area contributed by atoms with Gasteiger partial charge in [-0.15, -0.1) is 5.10 Å². The van der Waals surface area contributed by atoms with Crippen molar-refractivity contribution in [2.75, 3.05) is 0 Å². The van der Waals surface area contributed by atoms with E-state index in [9.17, 15) is 9.59 Å². The van der Waals surface area contributed by atoms with Crippen molar-refractivity contribution < 1.29 is 0 Å². The van der Waals surface area contributed by atoms with Gasteiger partial charge in [0.15, 0.2) is 0 Å². The summed E-state index contributed by atoms with van der Waals surface area (Å²) in [5.41, 5.74) is 0.744.